The molecule has 3 rings (SSSR count). The third-order valence-corrected chi connectivity index (χ3v) is 7.49. The molecule has 1 fully saturated rings. The number of hydrogen-bond donors (Lipinski definition) is 4. The Balaban J connectivity index is 1.77. The van der Waals surface area contributed by atoms with Gasteiger partial charge in [-0.1, -0.05) is 31.0 Å². The highest BCUT2D eigenvalue weighted by Gasteiger charge is 2.46. The fourth-order valence-corrected chi connectivity index (χ4v) is 5.41. The number of nitrogens with zero attached hydrogens (tertiary/aromatic N) is 1. The van der Waals surface area contributed by atoms with Crippen molar-refractivity contribution in [2.45, 2.75) is 63.8 Å². The first-order chi connectivity index (χ1) is 18.2. The van der Waals surface area contributed by atoms with Crippen molar-refractivity contribution in [1.29, 1.82) is 0 Å². The summed E-state index contributed by atoms with van der Waals surface area (Å²) in [7, 11) is 1.24. The number of benzene rings is 1. The van der Waals surface area contributed by atoms with Gasteiger partial charge in [-0.05, 0) is 50.2 Å². The Bertz CT molecular complexity index is 1040. The number of nitrogens with one attached hydrogen (secondary N) is 2. The van der Waals surface area contributed by atoms with Gasteiger partial charge in [0.15, 0.2) is 0 Å². The molecule has 1 aromatic rings. The number of fused-ring (bicyclic) bond motifs is 1. The van der Waals surface area contributed by atoms with E-state index < -0.39 is 47.0 Å². The van der Waals surface area contributed by atoms with E-state index in [-0.39, 0.29) is 32.5 Å². The average molecular weight is 532 g/mol. The standard InChI is InChI=1S/C27H37N3O8/c1-38-23(33)17-30-21-8-3-2-7-18(21)9-10-20(24(30)34)29-26(37)27(11-4-5-12-27)16-19(25(35)36)15-22(32)28-13-6-14-31/h2-3,7-8,19-20,31H,4-6,9-17H2,1H3,(H,28,32)(H,29,37)(H,35,36). The second kappa shape index (κ2) is 13.4. The molecule has 1 saturated carbocycles. The largest absolute Gasteiger partial charge is 0.481 e. The molecule has 0 spiro atoms. The van der Waals surface area contributed by atoms with E-state index in [4.69, 9.17) is 9.84 Å². The summed E-state index contributed by atoms with van der Waals surface area (Å²) < 4.78 is 4.78. The molecule has 1 aliphatic heterocycles. The van der Waals surface area contributed by atoms with Crippen LogP contribution < -0.4 is 15.5 Å². The molecule has 38 heavy (non-hydrogen) atoms. The van der Waals surface area contributed by atoms with Crippen LogP contribution in [-0.4, -0.2) is 72.7 Å². The van der Waals surface area contributed by atoms with Gasteiger partial charge in [-0.25, -0.2) is 0 Å². The number of ether oxygens (including phenoxy) is 1. The van der Waals surface area contributed by atoms with Crippen molar-refractivity contribution in [2.24, 2.45) is 11.3 Å². The molecule has 2 atom stereocenters. The van der Waals surface area contributed by atoms with Crippen molar-refractivity contribution in [3.8, 4) is 0 Å². The van der Waals surface area contributed by atoms with Crippen LogP contribution in [0.2, 0.25) is 0 Å². The van der Waals surface area contributed by atoms with Crippen LogP contribution in [0.15, 0.2) is 24.3 Å². The molecule has 2 aliphatic rings. The van der Waals surface area contributed by atoms with Gasteiger partial charge >= 0.3 is 11.9 Å². The number of carbonyl (C=O) groups is 5. The van der Waals surface area contributed by atoms with E-state index >= 15 is 0 Å². The lowest BCUT2D eigenvalue weighted by Crippen LogP contribution is -2.53. The zero-order chi connectivity index (χ0) is 27.7. The van der Waals surface area contributed by atoms with Crippen molar-refractivity contribution in [3.63, 3.8) is 0 Å². The number of aliphatic carboxylic acids is 1. The number of amides is 3. The van der Waals surface area contributed by atoms with E-state index in [1.54, 1.807) is 12.1 Å². The van der Waals surface area contributed by atoms with Crippen molar-refractivity contribution < 1.29 is 38.9 Å². The predicted octanol–water partition coefficient (Wildman–Crippen LogP) is 1.16. The third-order valence-electron chi connectivity index (χ3n) is 7.49. The molecular weight excluding hydrogens is 494 g/mol. The fourth-order valence-electron chi connectivity index (χ4n) is 5.41. The molecule has 3 amide bonds. The van der Waals surface area contributed by atoms with Crippen LogP contribution in [0.4, 0.5) is 5.69 Å². The lowest BCUT2D eigenvalue weighted by Gasteiger charge is -2.33. The van der Waals surface area contributed by atoms with E-state index in [0.29, 0.717) is 37.8 Å². The van der Waals surface area contributed by atoms with Gasteiger partial charge in [-0.2, -0.15) is 0 Å². The maximum absolute atomic E-state index is 13.7. The Hall–Kier alpha value is -3.47. The van der Waals surface area contributed by atoms with Crippen molar-refractivity contribution in [1.82, 2.24) is 10.6 Å². The van der Waals surface area contributed by atoms with Crippen molar-refractivity contribution in [3.05, 3.63) is 29.8 Å². The molecule has 0 bridgehead atoms. The molecule has 0 radical (unpaired) electrons. The monoisotopic (exact) mass is 531 g/mol. The van der Waals surface area contributed by atoms with Crippen LogP contribution >= 0.6 is 0 Å². The topological polar surface area (TPSA) is 162 Å². The molecule has 0 saturated heterocycles. The second-order valence-corrected chi connectivity index (χ2v) is 10.1. The molecule has 2 unspecified atom stereocenters. The van der Waals surface area contributed by atoms with Crippen LogP contribution in [0.25, 0.3) is 0 Å². The maximum atomic E-state index is 13.7. The molecule has 1 heterocycles. The molecule has 208 valence electrons. The first kappa shape index (κ1) is 29.1. The Morgan fingerprint density at radius 1 is 1.18 bits per heavy atom. The molecule has 11 nitrogen and oxygen atoms in total. The maximum Gasteiger partial charge on any atom is 0.325 e. The quantitative estimate of drug-likeness (QED) is 0.231. The Morgan fingerprint density at radius 2 is 1.89 bits per heavy atom. The van der Waals surface area contributed by atoms with Crippen molar-refractivity contribution in [2.75, 3.05) is 31.7 Å². The van der Waals surface area contributed by atoms with Crippen LogP contribution in [0.3, 0.4) is 0 Å². The summed E-state index contributed by atoms with van der Waals surface area (Å²) in [5, 5.41) is 24.2. The van der Waals surface area contributed by atoms with Crippen molar-refractivity contribution >= 4 is 35.3 Å². The Kier molecular flexibility index (Phi) is 10.2. The lowest BCUT2D eigenvalue weighted by atomic mass is 9.75. The van der Waals surface area contributed by atoms with E-state index in [1.807, 2.05) is 12.1 Å². The van der Waals surface area contributed by atoms with Gasteiger partial charge in [0.1, 0.15) is 12.6 Å². The smallest absolute Gasteiger partial charge is 0.325 e. The number of para-hydroxylation sites is 1. The highest BCUT2D eigenvalue weighted by Crippen LogP contribution is 2.44. The van der Waals surface area contributed by atoms with Crippen LogP contribution in [0, 0.1) is 11.3 Å². The fraction of sp³-hybridized carbons (Fsp3) is 0.593. The van der Waals surface area contributed by atoms with Gasteiger partial charge in [0, 0.05) is 25.3 Å². The number of esters is 1. The highest BCUT2D eigenvalue weighted by molar-refractivity contribution is 6.03. The normalized spacial score (nSPS) is 19.2. The SMILES string of the molecule is COC(=O)CN1C(=O)C(NC(=O)C2(CC(CC(=O)NCCCO)C(=O)O)CCCC2)CCc2ccccc21. The van der Waals surface area contributed by atoms with E-state index in [2.05, 4.69) is 10.6 Å². The number of hydrogen-bond acceptors (Lipinski definition) is 7. The summed E-state index contributed by atoms with van der Waals surface area (Å²) in [6.45, 7) is -0.147. The predicted molar refractivity (Wildman–Crippen MR) is 137 cm³/mol. The Morgan fingerprint density at radius 3 is 2.55 bits per heavy atom. The summed E-state index contributed by atoms with van der Waals surface area (Å²) in [5.41, 5.74) is 0.449. The number of aliphatic hydroxyl groups is 1. The minimum atomic E-state index is -1.16. The Labute approximate surface area is 221 Å². The number of aryl methyl sites for hydroxylation is 1. The second-order valence-electron chi connectivity index (χ2n) is 10.1. The van der Waals surface area contributed by atoms with Crippen LogP contribution in [0.5, 0.6) is 0 Å². The molecule has 0 aromatic heterocycles. The number of aliphatic hydroxyl groups excluding tert-OH is 1. The van der Waals surface area contributed by atoms with Crippen LogP contribution in [0.1, 0.15) is 56.9 Å². The highest BCUT2D eigenvalue weighted by atomic mass is 16.5. The molecule has 4 N–H and O–H groups in total. The molecule has 11 heteroatoms. The van der Waals surface area contributed by atoms with Crippen LogP contribution in [-0.2, 0) is 35.1 Å². The number of methoxy groups -OCH3 is 1. The van der Waals surface area contributed by atoms with E-state index in [1.165, 1.54) is 12.0 Å². The summed E-state index contributed by atoms with van der Waals surface area (Å²) in [6, 6.07) is 6.34. The van der Waals surface area contributed by atoms with Gasteiger partial charge in [-0.3, -0.25) is 28.9 Å². The minimum Gasteiger partial charge on any atom is -0.481 e. The summed E-state index contributed by atoms with van der Waals surface area (Å²) >= 11 is 0. The number of anilines is 1. The number of carbonyl (C=O) groups excluding carboxylic acids is 4. The summed E-state index contributed by atoms with van der Waals surface area (Å²) in [6.07, 6.45) is 3.29. The summed E-state index contributed by atoms with van der Waals surface area (Å²) in [5.74, 6) is -4.10. The third kappa shape index (κ3) is 7.09. The molecule has 1 aliphatic carbocycles. The molecular formula is C27H37N3O8. The van der Waals surface area contributed by atoms with Gasteiger partial charge in [0.25, 0.3) is 0 Å². The zero-order valence-corrected chi connectivity index (χ0v) is 21.7. The zero-order valence-electron chi connectivity index (χ0n) is 21.7. The first-order valence-corrected chi connectivity index (χ1v) is 13.1. The number of carboxylic acid groups (broad SMARTS) is 1. The van der Waals surface area contributed by atoms with E-state index in [0.717, 1.165) is 18.4 Å². The van der Waals surface area contributed by atoms with Gasteiger partial charge in [0.05, 0.1) is 18.4 Å². The van der Waals surface area contributed by atoms with Gasteiger partial charge in [-0.15, -0.1) is 0 Å². The first-order valence-electron chi connectivity index (χ1n) is 13.1. The number of carboxylic acids is 1. The van der Waals surface area contributed by atoms with Gasteiger partial charge in [0.2, 0.25) is 17.7 Å². The minimum absolute atomic E-state index is 0.0192. The van der Waals surface area contributed by atoms with E-state index in [9.17, 15) is 29.1 Å². The van der Waals surface area contributed by atoms with Gasteiger partial charge < -0.3 is 25.6 Å². The lowest BCUT2D eigenvalue weighted by molar-refractivity contribution is -0.147. The number of rotatable bonds is 12. The summed E-state index contributed by atoms with van der Waals surface area (Å²) in [4.78, 5) is 65.0. The average Bonchev–Trinajstić information content (AvgIpc) is 3.34. The molecule has 1 aromatic carbocycles.